The fourth-order valence-corrected chi connectivity index (χ4v) is 3.28. The predicted octanol–water partition coefficient (Wildman–Crippen LogP) is 4.13. The summed E-state index contributed by atoms with van der Waals surface area (Å²) >= 11 is 1.78. The van der Waals surface area contributed by atoms with Crippen molar-refractivity contribution in [3.05, 3.63) is 57.0 Å². The normalized spacial score (nSPS) is 11.4. The first-order valence-electron chi connectivity index (χ1n) is 8.47. The molecule has 0 bridgehead atoms. The van der Waals surface area contributed by atoms with E-state index in [1.54, 1.807) is 17.4 Å². The topological polar surface area (TPSA) is 39.7 Å². The first kappa shape index (κ1) is 22.9. The quantitative estimate of drug-likeness (QED) is 0.349. The molecule has 0 atom stereocenters. The molecule has 0 spiro atoms. The van der Waals surface area contributed by atoms with Gasteiger partial charge in [0, 0.05) is 28.4 Å². The summed E-state index contributed by atoms with van der Waals surface area (Å²) in [6, 6.07) is 9.47. The van der Waals surface area contributed by atoms with Crippen LogP contribution >= 0.6 is 35.3 Å². The minimum Gasteiger partial charge on any atom is -0.357 e. The maximum absolute atomic E-state index is 13.9. The van der Waals surface area contributed by atoms with E-state index >= 15 is 0 Å². The summed E-state index contributed by atoms with van der Waals surface area (Å²) in [5, 5.41) is 6.60. The predicted molar refractivity (Wildman–Crippen MR) is 120 cm³/mol. The fraction of sp³-hybridized carbons (Fsp3) is 0.421. The van der Waals surface area contributed by atoms with Crippen molar-refractivity contribution in [1.29, 1.82) is 0 Å². The lowest BCUT2D eigenvalue weighted by molar-refractivity contribution is 0.392. The molecule has 2 rings (SSSR count). The Kier molecular flexibility index (Phi) is 10.1. The number of hydrogen-bond acceptors (Lipinski definition) is 3. The Balaban J connectivity index is 0.00000338. The zero-order valence-electron chi connectivity index (χ0n) is 15.8. The van der Waals surface area contributed by atoms with E-state index in [0.29, 0.717) is 18.7 Å². The number of guanidine groups is 1. The molecule has 0 saturated heterocycles. The van der Waals surface area contributed by atoms with Crippen molar-refractivity contribution in [3.8, 4) is 0 Å². The molecule has 0 aliphatic heterocycles. The van der Waals surface area contributed by atoms with Gasteiger partial charge in [-0.15, -0.1) is 35.3 Å². The number of thiophene rings is 1. The highest BCUT2D eigenvalue weighted by atomic mass is 127. The largest absolute Gasteiger partial charge is 0.357 e. The van der Waals surface area contributed by atoms with Crippen molar-refractivity contribution >= 4 is 41.3 Å². The van der Waals surface area contributed by atoms with E-state index in [4.69, 9.17) is 0 Å². The Morgan fingerprint density at radius 2 is 1.96 bits per heavy atom. The van der Waals surface area contributed by atoms with Crippen LogP contribution in [0.4, 0.5) is 4.39 Å². The molecule has 144 valence electrons. The average molecular weight is 490 g/mol. The first-order valence-corrected chi connectivity index (χ1v) is 9.29. The molecule has 0 unspecified atom stereocenters. The zero-order chi connectivity index (χ0) is 18.2. The molecule has 2 aromatic rings. The lowest BCUT2D eigenvalue weighted by Gasteiger charge is -2.13. The maximum atomic E-state index is 13.9. The Hall–Kier alpha value is -1.19. The lowest BCUT2D eigenvalue weighted by Crippen LogP contribution is -2.36. The van der Waals surface area contributed by atoms with Crippen molar-refractivity contribution in [2.45, 2.75) is 33.5 Å². The number of hydrogen-bond donors (Lipinski definition) is 2. The third kappa shape index (κ3) is 7.59. The van der Waals surface area contributed by atoms with E-state index in [1.165, 1.54) is 15.8 Å². The molecular formula is C19H28FIN4S. The SMILES string of the molecule is CCNC(=NCc1ccc(F)c(CN(C)C)c1)NCc1ccc(C)s1.I. The van der Waals surface area contributed by atoms with Crippen LogP contribution in [0, 0.1) is 12.7 Å². The summed E-state index contributed by atoms with van der Waals surface area (Å²) in [5.74, 6) is 0.603. The third-order valence-corrected chi connectivity index (χ3v) is 4.59. The van der Waals surface area contributed by atoms with Crippen molar-refractivity contribution in [2.75, 3.05) is 20.6 Å². The Labute approximate surface area is 176 Å². The van der Waals surface area contributed by atoms with Crippen molar-refractivity contribution < 1.29 is 4.39 Å². The molecule has 2 N–H and O–H groups in total. The second kappa shape index (κ2) is 11.5. The van der Waals surface area contributed by atoms with Gasteiger partial charge in [0.1, 0.15) is 5.82 Å². The second-order valence-electron chi connectivity index (χ2n) is 6.22. The molecular weight excluding hydrogens is 462 g/mol. The number of halogens is 2. The van der Waals surface area contributed by atoms with E-state index in [2.05, 4.69) is 34.7 Å². The van der Waals surface area contributed by atoms with Crippen LogP contribution in [0.15, 0.2) is 35.3 Å². The van der Waals surface area contributed by atoms with Crippen LogP contribution in [-0.4, -0.2) is 31.5 Å². The van der Waals surface area contributed by atoms with Crippen LogP contribution < -0.4 is 10.6 Å². The van der Waals surface area contributed by atoms with Gasteiger partial charge in [0.15, 0.2) is 5.96 Å². The van der Waals surface area contributed by atoms with Gasteiger partial charge in [-0.05, 0) is 57.8 Å². The molecule has 7 heteroatoms. The Morgan fingerprint density at radius 3 is 2.58 bits per heavy atom. The summed E-state index contributed by atoms with van der Waals surface area (Å²) in [6.07, 6.45) is 0. The van der Waals surface area contributed by atoms with Crippen molar-refractivity contribution in [1.82, 2.24) is 15.5 Å². The van der Waals surface area contributed by atoms with Crippen molar-refractivity contribution in [3.63, 3.8) is 0 Å². The molecule has 1 aromatic carbocycles. The summed E-state index contributed by atoms with van der Waals surface area (Å²) in [4.78, 5) is 9.16. The van der Waals surface area contributed by atoms with Crippen LogP contribution in [0.1, 0.15) is 27.8 Å². The Bertz CT molecular complexity index is 715. The van der Waals surface area contributed by atoms with E-state index in [9.17, 15) is 4.39 Å². The standard InChI is InChI=1S/C19H27FN4S.HI/c1-5-21-19(23-12-17-8-6-14(2)25-17)22-11-15-7-9-18(20)16(10-15)13-24(3)4;/h6-10H,5,11-13H2,1-4H3,(H2,21,22,23);1H. The molecule has 0 aliphatic rings. The van der Waals surface area contributed by atoms with Crippen LogP contribution in [0.3, 0.4) is 0 Å². The minimum atomic E-state index is -0.167. The number of nitrogens with one attached hydrogen (secondary N) is 2. The molecule has 0 amide bonds. The van der Waals surface area contributed by atoms with Gasteiger partial charge in [-0.1, -0.05) is 6.07 Å². The lowest BCUT2D eigenvalue weighted by atomic mass is 10.1. The highest BCUT2D eigenvalue weighted by Crippen LogP contribution is 2.15. The second-order valence-corrected chi connectivity index (χ2v) is 7.60. The molecule has 26 heavy (non-hydrogen) atoms. The van der Waals surface area contributed by atoms with Gasteiger partial charge in [-0.2, -0.15) is 0 Å². The molecule has 0 aliphatic carbocycles. The minimum absolute atomic E-state index is 0. The van der Waals surface area contributed by atoms with Gasteiger partial charge in [0.2, 0.25) is 0 Å². The van der Waals surface area contributed by atoms with Crippen LogP contribution in [0.2, 0.25) is 0 Å². The molecule has 1 heterocycles. The van der Waals surface area contributed by atoms with Gasteiger partial charge in [0.05, 0.1) is 13.1 Å². The summed E-state index contributed by atoms with van der Waals surface area (Å²) in [6.45, 7) is 6.79. The molecule has 0 saturated carbocycles. The van der Waals surface area contributed by atoms with E-state index in [1.807, 2.05) is 32.0 Å². The molecule has 4 nitrogen and oxygen atoms in total. The zero-order valence-corrected chi connectivity index (χ0v) is 19.0. The average Bonchev–Trinajstić information content (AvgIpc) is 2.98. The van der Waals surface area contributed by atoms with E-state index < -0.39 is 0 Å². The van der Waals surface area contributed by atoms with Gasteiger partial charge in [-0.25, -0.2) is 9.38 Å². The van der Waals surface area contributed by atoms with Crippen LogP contribution in [-0.2, 0) is 19.6 Å². The highest BCUT2D eigenvalue weighted by molar-refractivity contribution is 14.0. The van der Waals surface area contributed by atoms with Crippen molar-refractivity contribution in [2.24, 2.45) is 4.99 Å². The third-order valence-electron chi connectivity index (χ3n) is 3.59. The van der Waals surface area contributed by atoms with Crippen LogP contribution in [0.5, 0.6) is 0 Å². The van der Waals surface area contributed by atoms with Gasteiger partial charge >= 0.3 is 0 Å². The number of rotatable bonds is 7. The number of aryl methyl sites for hydroxylation is 1. The fourth-order valence-electron chi connectivity index (χ4n) is 2.45. The van der Waals surface area contributed by atoms with E-state index in [0.717, 1.165) is 24.6 Å². The number of nitrogens with zero attached hydrogens (tertiary/aromatic N) is 2. The van der Waals surface area contributed by atoms with Gasteiger partial charge in [0.25, 0.3) is 0 Å². The Morgan fingerprint density at radius 1 is 1.19 bits per heavy atom. The molecule has 0 radical (unpaired) electrons. The first-order chi connectivity index (χ1) is 12.0. The number of aliphatic imine (C=N–C) groups is 1. The monoisotopic (exact) mass is 490 g/mol. The smallest absolute Gasteiger partial charge is 0.191 e. The van der Waals surface area contributed by atoms with Gasteiger partial charge in [-0.3, -0.25) is 0 Å². The van der Waals surface area contributed by atoms with Crippen LogP contribution in [0.25, 0.3) is 0 Å². The molecule has 1 aromatic heterocycles. The summed E-state index contributed by atoms with van der Waals surface area (Å²) in [7, 11) is 3.87. The highest BCUT2D eigenvalue weighted by Gasteiger charge is 2.06. The van der Waals surface area contributed by atoms with E-state index in [-0.39, 0.29) is 29.8 Å². The maximum Gasteiger partial charge on any atom is 0.191 e. The van der Waals surface area contributed by atoms with Gasteiger partial charge < -0.3 is 15.5 Å². The summed E-state index contributed by atoms with van der Waals surface area (Å²) < 4.78 is 13.9. The number of benzene rings is 1. The molecule has 0 fully saturated rings. The summed E-state index contributed by atoms with van der Waals surface area (Å²) in [5.41, 5.74) is 1.70.